The number of aryl methyl sites for hydroxylation is 1. The fourth-order valence-corrected chi connectivity index (χ4v) is 3.47. The molecule has 1 aromatic rings. The summed E-state index contributed by atoms with van der Waals surface area (Å²) in [6, 6.07) is 0.116. The third-order valence-corrected chi connectivity index (χ3v) is 4.51. The molecule has 0 aromatic carbocycles. The van der Waals surface area contributed by atoms with Crippen molar-refractivity contribution in [2.75, 3.05) is 13.1 Å². The Morgan fingerprint density at radius 2 is 2.26 bits per heavy atom. The molecule has 2 N–H and O–H groups in total. The van der Waals surface area contributed by atoms with Crippen LogP contribution >= 0.6 is 12.4 Å². The van der Waals surface area contributed by atoms with E-state index in [1.54, 1.807) is 4.57 Å². The van der Waals surface area contributed by atoms with Gasteiger partial charge in [0.15, 0.2) is 5.03 Å². The number of fused-ring (bicyclic) bond motifs is 1. The van der Waals surface area contributed by atoms with Crippen molar-refractivity contribution in [3.63, 3.8) is 0 Å². The number of halogens is 1. The maximum absolute atomic E-state index is 12.2. The molecule has 0 saturated heterocycles. The highest BCUT2D eigenvalue weighted by Gasteiger charge is 2.24. The van der Waals surface area contributed by atoms with Gasteiger partial charge in [0.25, 0.3) is 10.0 Å². The van der Waals surface area contributed by atoms with Crippen LogP contribution < -0.4 is 10.0 Å². The molecule has 110 valence electrons. The van der Waals surface area contributed by atoms with Gasteiger partial charge in [-0.2, -0.15) is 0 Å². The van der Waals surface area contributed by atoms with Crippen LogP contribution in [0.25, 0.3) is 0 Å². The van der Waals surface area contributed by atoms with Crippen LogP contribution in [0, 0.1) is 0 Å². The first-order chi connectivity index (χ1) is 8.54. The van der Waals surface area contributed by atoms with Crippen molar-refractivity contribution in [2.24, 2.45) is 0 Å². The molecule has 1 aromatic heterocycles. The first-order valence-electron chi connectivity index (χ1n) is 6.32. The molecular weight excluding hydrogens is 288 g/mol. The zero-order valence-electron chi connectivity index (χ0n) is 11.2. The van der Waals surface area contributed by atoms with Crippen molar-refractivity contribution in [3.05, 3.63) is 12.0 Å². The minimum absolute atomic E-state index is 0. The van der Waals surface area contributed by atoms with Crippen molar-refractivity contribution in [3.8, 4) is 0 Å². The second-order valence-corrected chi connectivity index (χ2v) is 6.29. The maximum atomic E-state index is 12.2. The lowest BCUT2D eigenvalue weighted by Crippen LogP contribution is -2.39. The van der Waals surface area contributed by atoms with Gasteiger partial charge in [-0.05, 0) is 19.9 Å². The predicted octanol–water partition coefficient (Wildman–Crippen LogP) is 0.527. The Morgan fingerprint density at radius 1 is 1.53 bits per heavy atom. The number of hydrogen-bond acceptors (Lipinski definition) is 4. The van der Waals surface area contributed by atoms with Gasteiger partial charge in [0.2, 0.25) is 0 Å². The molecule has 0 fully saturated rings. The molecule has 1 atom stereocenters. The maximum Gasteiger partial charge on any atom is 0.257 e. The summed E-state index contributed by atoms with van der Waals surface area (Å²) >= 11 is 0. The van der Waals surface area contributed by atoms with Gasteiger partial charge in [-0.25, -0.2) is 18.1 Å². The normalized spacial score (nSPS) is 15.9. The lowest BCUT2D eigenvalue weighted by atomic mass is 10.3. The highest BCUT2D eigenvalue weighted by molar-refractivity contribution is 7.89. The third kappa shape index (κ3) is 3.68. The highest BCUT2D eigenvalue weighted by atomic mass is 35.5. The fraction of sp³-hybridized carbons (Fsp3) is 0.727. The van der Waals surface area contributed by atoms with E-state index in [0.29, 0.717) is 11.6 Å². The van der Waals surface area contributed by atoms with Gasteiger partial charge < -0.3 is 9.88 Å². The highest BCUT2D eigenvalue weighted by Crippen LogP contribution is 2.19. The Kier molecular flexibility index (Phi) is 5.79. The molecule has 0 aliphatic carbocycles. The molecule has 0 radical (unpaired) electrons. The number of rotatable bonds is 6. The van der Waals surface area contributed by atoms with Crippen LogP contribution in [0.4, 0.5) is 0 Å². The fourth-order valence-electron chi connectivity index (χ4n) is 2.17. The number of likely N-dealkylation sites (N-methyl/N-ethyl adjacent to an activating group) is 1. The van der Waals surface area contributed by atoms with Crippen LogP contribution in [-0.4, -0.2) is 37.1 Å². The number of nitrogens with zero attached hydrogens (tertiary/aromatic N) is 2. The molecule has 6 nitrogen and oxygen atoms in total. The van der Waals surface area contributed by atoms with E-state index in [4.69, 9.17) is 0 Å². The quantitative estimate of drug-likeness (QED) is 0.804. The van der Waals surface area contributed by atoms with E-state index in [1.807, 2.05) is 13.8 Å². The molecule has 0 saturated carbocycles. The minimum atomic E-state index is -3.45. The standard InChI is InChI=1S/C11H20N4O2S.ClH/c1-3-12-9(2)7-14-18(16,17)11-8-13-10-5-4-6-15(10)11;/h8-9,12,14H,3-7H2,1-2H3;1H/t9-;/m1./s1. The van der Waals surface area contributed by atoms with E-state index < -0.39 is 10.0 Å². The van der Waals surface area contributed by atoms with Crippen LogP contribution in [0.2, 0.25) is 0 Å². The summed E-state index contributed by atoms with van der Waals surface area (Å²) in [6.45, 7) is 5.90. The van der Waals surface area contributed by atoms with Crippen molar-refractivity contribution in [1.29, 1.82) is 0 Å². The van der Waals surface area contributed by atoms with Gasteiger partial charge in [0.1, 0.15) is 5.82 Å². The molecule has 1 aliphatic heterocycles. The minimum Gasteiger partial charge on any atom is -0.318 e. The first kappa shape index (κ1) is 16.4. The van der Waals surface area contributed by atoms with E-state index in [0.717, 1.165) is 31.8 Å². The Labute approximate surface area is 120 Å². The molecule has 0 unspecified atom stereocenters. The summed E-state index contributed by atoms with van der Waals surface area (Å²) in [6.07, 6.45) is 3.29. The first-order valence-corrected chi connectivity index (χ1v) is 7.80. The summed E-state index contributed by atoms with van der Waals surface area (Å²) in [5.74, 6) is 0.870. The topological polar surface area (TPSA) is 76.0 Å². The van der Waals surface area contributed by atoms with Gasteiger partial charge in [0.05, 0.1) is 6.20 Å². The van der Waals surface area contributed by atoms with E-state index >= 15 is 0 Å². The zero-order chi connectivity index (χ0) is 13.2. The van der Waals surface area contributed by atoms with Gasteiger partial charge in [-0.3, -0.25) is 0 Å². The molecule has 0 amide bonds. The Balaban J connectivity index is 0.00000180. The summed E-state index contributed by atoms with van der Waals surface area (Å²) < 4.78 is 28.7. The average molecular weight is 309 g/mol. The van der Waals surface area contributed by atoms with Crippen LogP contribution in [0.15, 0.2) is 11.2 Å². The van der Waals surface area contributed by atoms with E-state index in [9.17, 15) is 8.42 Å². The van der Waals surface area contributed by atoms with Crippen molar-refractivity contribution >= 4 is 22.4 Å². The molecule has 2 heterocycles. The van der Waals surface area contributed by atoms with Gasteiger partial charge in [-0.1, -0.05) is 6.92 Å². The summed E-state index contributed by atoms with van der Waals surface area (Å²) in [5, 5.41) is 3.46. The van der Waals surface area contributed by atoms with Crippen LogP contribution in [0.1, 0.15) is 26.1 Å². The smallest absolute Gasteiger partial charge is 0.257 e. The van der Waals surface area contributed by atoms with Crippen molar-refractivity contribution in [2.45, 2.75) is 44.3 Å². The molecular formula is C11H21ClN4O2S. The van der Waals surface area contributed by atoms with Gasteiger partial charge in [-0.15, -0.1) is 12.4 Å². The molecule has 1 aliphatic rings. The SMILES string of the molecule is CCN[C@H](C)CNS(=O)(=O)c1cnc2n1CCC2.Cl. The van der Waals surface area contributed by atoms with Crippen LogP contribution in [0.5, 0.6) is 0 Å². The number of nitrogens with one attached hydrogen (secondary N) is 2. The largest absolute Gasteiger partial charge is 0.318 e. The second kappa shape index (κ2) is 6.69. The molecule has 0 spiro atoms. The molecule has 2 rings (SSSR count). The lowest BCUT2D eigenvalue weighted by molar-refractivity contribution is 0.529. The number of imidazole rings is 1. The molecule has 19 heavy (non-hydrogen) atoms. The Bertz CT molecular complexity index is 515. The summed E-state index contributed by atoms with van der Waals surface area (Å²) in [7, 11) is -3.45. The molecule has 8 heteroatoms. The van der Waals surface area contributed by atoms with Gasteiger partial charge >= 0.3 is 0 Å². The Morgan fingerprint density at radius 3 is 2.95 bits per heavy atom. The monoisotopic (exact) mass is 308 g/mol. The molecule has 0 bridgehead atoms. The van der Waals surface area contributed by atoms with E-state index in [-0.39, 0.29) is 18.4 Å². The third-order valence-electron chi connectivity index (χ3n) is 3.09. The average Bonchev–Trinajstić information content (AvgIpc) is 2.88. The van der Waals surface area contributed by atoms with Gasteiger partial charge in [0, 0.05) is 25.6 Å². The number of hydrogen-bond donors (Lipinski definition) is 2. The Hall–Kier alpha value is -0.630. The van der Waals surface area contributed by atoms with E-state index in [2.05, 4.69) is 15.0 Å². The summed E-state index contributed by atoms with van der Waals surface area (Å²) in [5.41, 5.74) is 0. The zero-order valence-corrected chi connectivity index (χ0v) is 12.9. The van der Waals surface area contributed by atoms with E-state index in [1.165, 1.54) is 6.20 Å². The summed E-state index contributed by atoms with van der Waals surface area (Å²) in [4.78, 5) is 4.15. The van der Waals surface area contributed by atoms with Crippen molar-refractivity contribution in [1.82, 2.24) is 19.6 Å². The van der Waals surface area contributed by atoms with Crippen LogP contribution in [-0.2, 0) is 23.0 Å². The second-order valence-electron chi connectivity index (χ2n) is 4.58. The van der Waals surface area contributed by atoms with Crippen molar-refractivity contribution < 1.29 is 8.42 Å². The van der Waals surface area contributed by atoms with Crippen LogP contribution in [0.3, 0.4) is 0 Å². The number of sulfonamides is 1. The number of aromatic nitrogens is 2. The predicted molar refractivity (Wildman–Crippen MR) is 76.1 cm³/mol. The lowest BCUT2D eigenvalue weighted by Gasteiger charge is -2.13.